The SMILES string of the molecule is CN=[S@@]1(=O)C[C@@](C)(c2cc(I)ccc2F)N=C(N)C12CCCC2. The van der Waals surface area contributed by atoms with Crippen molar-refractivity contribution >= 4 is 38.2 Å². The largest absolute Gasteiger partial charge is 0.386 e. The highest BCUT2D eigenvalue weighted by atomic mass is 127. The third-order valence-corrected chi connectivity index (χ3v) is 9.19. The Morgan fingerprint density at radius 1 is 1.39 bits per heavy atom. The molecule has 23 heavy (non-hydrogen) atoms. The summed E-state index contributed by atoms with van der Waals surface area (Å²) in [5.74, 6) is 0.260. The second-order valence-corrected chi connectivity index (χ2v) is 10.5. The van der Waals surface area contributed by atoms with Crippen LogP contribution in [0.4, 0.5) is 4.39 Å². The van der Waals surface area contributed by atoms with Crippen LogP contribution in [-0.2, 0) is 15.3 Å². The monoisotopic (exact) mass is 449 g/mol. The highest BCUT2D eigenvalue weighted by molar-refractivity contribution is 14.1. The molecule has 1 fully saturated rings. The van der Waals surface area contributed by atoms with Gasteiger partial charge in [0.15, 0.2) is 0 Å². The van der Waals surface area contributed by atoms with Crippen molar-refractivity contribution in [2.75, 3.05) is 12.8 Å². The lowest BCUT2D eigenvalue weighted by atomic mass is 9.93. The van der Waals surface area contributed by atoms with Crippen LogP contribution in [0.3, 0.4) is 0 Å². The summed E-state index contributed by atoms with van der Waals surface area (Å²) in [4.78, 5) is 4.68. The van der Waals surface area contributed by atoms with Crippen LogP contribution in [0, 0.1) is 9.39 Å². The van der Waals surface area contributed by atoms with Gasteiger partial charge in [-0.25, -0.2) is 13.0 Å². The fraction of sp³-hybridized carbons (Fsp3) is 0.562. The molecule has 0 bridgehead atoms. The van der Waals surface area contributed by atoms with Crippen molar-refractivity contribution in [3.63, 3.8) is 0 Å². The van der Waals surface area contributed by atoms with Crippen LogP contribution in [0.2, 0.25) is 0 Å². The van der Waals surface area contributed by atoms with Gasteiger partial charge in [0.25, 0.3) is 0 Å². The van der Waals surface area contributed by atoms with Crippen LogP contribution in [0.1, 0.15) is 38.2 Å². The fourth-order valence-electron chi connectivity index (χ4n) is 3.89. The summed E-state index contributed by atoms with van der Waals surface area (Å²) >= 11 is 2.14. The van der Waals surface area contributed by atoms with Crippen LogP contribution in [0.15, 0.2) is 27.6 Å². The van der Waals surface area contributed by atoms with Gasteiger partial charge >= 0.3 is 0 Å². The van der Waals surface area contributed by atoms with E-state index in [0.29, 0.717) is 11.4 Å². The molecule has 0 amide bonds. The summed E-state index contributed by atoms with van der Waals surface area (Å²) in [6.45, 7) is 1.81. The van der Waals surface area contributed by atoms with Gasteiger partial charge in [-0.15, -0.1) is 0 Å². The van der Waals surface area contributed by atoms with Gasteiger partial charge in [-0.1, -0.05) is 12.8 Å². The van der Waals surface area contributed by atoms with E-state index in [4.69, 9.17) is 5.73 Å². The molecule has 2 atom stereocenters. The standard InChI is InChI=1S/C16H21FIN3OS/c1-15(12-9-11(18)5-6-13(12)17)10-23(22,20-2)16(14(19)21-15)7-3-4-8-16/h5-6,9H,3-4,7-8,10H2,1-2H3,(H2,19,21)/t15-,23+/m0/s1. The number of hydrogen-bond donors (Lipinski definition) is 1. The molecule has 0 unspecified atom stereocenters. The van der Waals surface area contributed by atoms with Gasteiger partial charge in [0, 0.05) is 16.2 Å². The molecule has 1 aliphatic carbocycles. The Labute approximate surface area is 150 Å². The Balaban J connectivity index is 2.22. The summed E-state index contributed by atoms with van der Waals surface area (Å²) in [7, 11) is -1.01. The smallest absolute Gasteiger partial charge is 0.128 e. The molecule has 1 aromatic carbocycles. The van der Waals surface area contributed by atoms with Crippen LogP contribution in [-0.4, -0.2) is 27.6 Å². The number of hydrogen-bond acceptors (Lipinski definition) is 4. The van der Waals surface area contributed by atoms with E-state index in [2.05, 4.69) is 31.9 Å². The van der Waals surface area contributed by atoms with Gasteiger partial charge in [-0.05, 0) is 60.6 Å². The van der Waals surface area contributed by atoms with E-state index in [1.807, 2.05) is 0 Å². The molecule has 3 rings (SSSR count). The number of halogens is 2. The number of nitrogens with zero attached hydrogens (tertiary/aromatic N) is 2. The molecule has 1 spiro atoms. The minimum atomic E-state index is -2.60. The second kappa shape index (κ2) is 5.68. The molecule has 126 valence electrons. The number of nitrogens with two attached hydrogens (primary N) is 1. The van der Waals surface area contributed by atoms with Gasteiger partial charge in [0.2, 0.25) is 0 Å². The summed E-state index contributed by atoms with van der Waals surface area (Å²) in [5.41, 5.74) is 5.81. The van der Waals surface area contributed by atoms with Gasteiger partial charge in [-0.3, -0.25) is 4.99 Å². The van der Waals surface area contributed by atoms with Crippen molar-refractivity contribution < 1.29 is 8.60 Å². The Hall–Kier alpha value is -0.700. The van der Waals surface area contributed by atoms with Crippen molar-refractivity contribution in [1.29, 1.82) is 0 Å². The van der Waals surface area contributed by atoms with Crippen LogP contribution < -0.4 is 5.73 Å². The first-order valence-electron chi connectivity index (χ1n) is 7.70. The highest BCUT2D eigenvalue weighted by Gasteiger charge is 2.54. The molecular formula is C16H21FIN3OS. The lowest BCUT2D eigenvalue weighted by Crippen LogP contribution is -2.56. The van der Waals surface area contributed by atoms with E-state index >= 15 is 0 Å². The molecule has 1 aliphatic heterocycles. The van der Waals surface area contributed by atoms with Crippen molar-refractivity contribution in [3.8, 4) is 0 Å². The zero-order valence-corrected chi connectivity index (χ0v) is 16.3. The van der Waals surface area contributed by atoms with E-state index in [9.17, 15) is 8.60 Å². The maximum atomic E-state index is 14.4. The van der Waals surface area contributed by atoms with E-state index in [1.165, 1.54) is 6.07 Å². The minimum Gasteiger partial charge on any atom is -0.386 e. The van der Waals surface area contributed by atoms with Gasteiger partial charge < -0.3 is 5.73 Å². The molecule has 7 heteroatoms. The lowest BCUT2D eigenvalue weighted by Gasteiger charge is -2.42. The Bertz CT molecular complexity index is 795. The van der Waals surface area contributed by atoms with Crippen LogP contribution in [0.5, 0.6) is 0 Å². The van der Waals surface area contributed by atoms with Crippen LogP contribution >= 0.6 is 22.6 Å². The first-order chi connectivity index (χ1) is 10.8. The second-order valence-electron chi connectivity index (χ2n) is 6.56. The number of benzene rings is 1. The first kappa shape index (κ1) is 17.1. The maximum Gasteiger partial charge on any atom is 0.128 e. The molecule has 1 aromatic rings. The third-order valence-electron chi connectivity index (χ3n) is 5.14. The van der Waals surface area contributed by atoms with E-state index in [-0.39, 0.29) is 11.6 Å². The van der Waals surface area contributed by atoms with Crippen LogP contribution in [0.25, 0.3) is 0 Å². The van der Waals surface area contributed by atoms with Gasteiger partial charge in [0.05, 0.1) is 15.5 Å². The molecule has 4 nitrogen and oxygen atoms in total. The lowest BCUT2D eigenvalue weighted by molar-refractivity contribution is 0.485. The average molecular weight is 449 g/mol. The van der Waals surface area contributed by atoms with Crippen molar-refractivity contribution in [3.05, 3.63) is 33.1 Å². The summed E-state index contributed by atoms with van der Waals surface area (Å²) < 4.78 is 32.7. The highest BCUT2D eigenvalue weighted by Crippen LogP contribution is 2.46. The molecule has 0 saturated heterocycles. The molecule has 0 aromatic heterocycles. The average Bonchev–Trinajstić information content (AvgIpc) is 2.99. The van der Waals surface area contributed by atoms with Gasteiger partial charge in [0.1, 0.15) is 21.9 Å². The van der Waals surface area contributed by atoms with Crippen molar-refractivity contribution in [2.45, 2.75) is 42.9 Å². The molecule has 2 N–H and O–H groups in total. The van der Waals surface area contributed by atoms with Gasteiger partial charge in [-0.2, -0.15) is 0 Å². The zero-order chi connectivity index (χ0) is 16.9. The van der Waals surface area contributed by atoms with E-state index in [1.54, 1.807) is 26.1 Å². The molecule has 1 heterocycles. The number of amidine groups is 1. The maximum absolute atomic E-state index is 14.4. The fourth-order valence-corrected chi connectivity index (χ4v) is 7.42. The Morgan fingerprint density at radius 2 is 2.04 bits per heavy atom. The zero-order valence-electron chi connectivity index (χ0n) is 13.3. The molecule has 0 radical (unpaired) electrons. The molecular weight excluding hydrogens is 428 g/mol. The molecule has 1 saturated carbocycles. The van der Waals surface area contributed by atoms with Crippen molar-refractivity contribution in [1.82, 2.24) is 0 Å². The summed E-state index contributed by atoms with van der Waals surface area (Å²) in [6.07, 6.45) is 3.47. The normalized spacial score (nSPS) is 32.8. The topological polar surface area (TPSA) is 67.8 Å². The quantitative estimate of drug-likeness (QED) is 0.668. The number of aliphatic imine (C=N–C) groups is 1. The predicted molar refractivity (Wildman–Crippen MR) is 101 cm³/mol. The Kier molecular flexibility index (Phi) is 4.23. The number of rotatable bonds is 1. The predicted octanol–water partition coefficient (Wildman–Crippen LogP) is 3.43. The van der Waals surface area contributed by atoms with Crippen molar-refractivity contribution in [2.24, 2.45) is 15.1 Å². The first-order valence-corrected chi connectivity index (χ1v) is 10.5. The minimum absolute atomic E-state index is 0.216. The van der Waals surface area contributed by atoms with E-state index in [0.717, 1.165) is 29.3 Å². The van der Waals surface area contributed by atoms with E-state index < -0.39 is 20.0 Å². The Morgan fingerprint density at radius 3 is 2.65 bits per heavy atom. The summed E-state index contributed by atoms with van der Waals surface area (Å²) in [5, 5.41) is 0. The summed E-state index contributed by atoms with van der Waals surface area (Å²) in [6, 6.07) is 4.90. The molecule has 2 aliphatic rings. The third kappa shape index (κ3) is 2.50.